The van der Waals surface area contributed by atoms with Gasteiger partial charge in [0.15, 0.2) is 0 Å². The normalized spacial score (nSPS) is 17.4. The number of nitrogens with one attached hydrogen (secondary N) is 3. The smallest absolute Gasteiger partial charge is 0.319 e. The molecule has 3 amide bonds. The first kappa shape index (κ1) is 18.2. The van der Waals surface area contributed by atoms with E-state index in [2.05, 4.69) is 16.0 Å². The fourth-order valence-electron chi connectivity index (χ4n) is 2.01. The SMILES string of the molecule is CC(C)C(=O)Nc1cc(NC(=O)NCC2COCCO2)ccc1F. The molecular weight excluding hydrogens is 317 g/mol. The van der Waals surface area contributed by atoms with E-state index in [0.29, 0.717) is 32.1 Å². The first-order valence-electron chi connectivity index (χ1n) is 7.80. The Morgan fingerprint density at radius 2 is 2.08 bits per heavy atom. The topological polar surface area (TPSA) is 88.7 Å². The van der Waals surface area contributed by atoms with E-state index in [1.165, 1.54) is 18.2 Å². The van der Waals surface area contributed by atoms with E-state index in [4.69, 9.17) is 9.47 Å². The van der Waals surface area contributed by atoms with Gasteiger partial charge in [0.25, 0.3) is 0 Å². The molecule has 1 fully saturated rings. The highest BCUT2D eigenvalue weighted by Crippen LogP contribution is 2.20. The summed E-state index contributed by atoms with van der Waals surface area (Å²) >= 11 is 0. The lowest BCUT2D eigenvalue weighted by Gasteiger charge is -2.23. The Bertz CT molecular complexity index is 589. The van der Waals surface area contributed by atoms with Crippen molar-refractivity contribution in [2.45, 2.75) is 20.0 Å². The van der Waals surface area contributed by atoms with Crippen LogP contribution in [0.2, 0.25) is 0 Å². The lowest BCUT2D eigenvalue weighted by Crippen LogP contribution is -2.41. The van der Waals surface area contributed by atoms with E-state index in [1.807, 2.05) is 0 Å². The summed E-state index contributed by atoms with van der Waals surface area (Å²) in [5, 5.41) is 7.73. The molecule has 1 aliphatic heterocycles. The number of halogens is 1. The predicted octanol–water partition coefficient (Wildman–Crippen LogP) is 1.96. The fourth-order valence-corrected chi connectivity index (χ4v) is 2.01. The van der Waals surface area contributed by atoms with Gasteiger partial charge in [0, 0.05) is 18.2 Å². The molecule has 1 heterocycles. The summed E-state index contributed by atoms with van der Waals surface area (Å²) in [6.07, 6.45) is -0.182. The Morgan fingerprint density at radius 1 is 1.29 bits per heavy atom. The third-order valence-electron chi connectivity index (χ3n) is 3.38. The van der Waals surface area contributed by atoms with Crippen molar-refractivity contribution in [1.82, 2.24) is 5.32 Å². The van der Waals surface area contributed by atoms with Crippen molar-refractivity contribution in [2.24, 2.45) is 5.92 Å². The molecule has 0 aliphatic carbocycles. The quantitative estimate of drug-likeness (QED) is 0.765. The van der Waals surface area contributed by atoms with Gasteiger partial charge in [-0.15, -0.1) is 0 Å². The Balaban J connectivity index is 1.89. The van der Waals surface area contributed by atoms with Crippen LogP contribution in [-0.2, 0) is 14.3 Å². The number of amides is 3. The molecule has 0 spiro atoms. The standard InChI is InChI=1S/C16H22FN3O4/c1-10(2)15(21)20-14-7-11(3-4-13(14)17)19-16(22)18-8-12-9-23-5-6-24-12/h3-4,7,10,12H,5-6,8-9H2,1-2H3,(H,20,21)(H2,18,19,22). The maximum absolute atomic E-state index is 13.7. The second-order valence-electron chi connectivity index (χ2n) is 5.74. The molecule has 1 aromatic carbocycles. The highest BCUT2D eigenvalue weighted by molar-refractivity contribution is 5.94. The van der Waals surface area contributed by atoms with E-state index < -0.39 is 11.8 Å². The van der Waals surface area contributed by atoms with Crippen LogP contribution in [0.1, 0.15) is 13.8 Å². The van der Waals surface area contributed by atoms with E-state index in [-0.39, 0.29) is 23.6 Å². The maximum atomic E-state index is 13.7. The van der Waals surface area contributed by atoms with Crippen molar-refractivity contribution >= 4 is 23.3 Å². The molecule has 0 bridgehead atoms. The molecule has 1 atom stereocenters. The van der Waals surface area contributed by atoms with Gasteiger partial charge in [-0.3, -0.25) is 4.79 Å². The Kier molecular flexibility index (Phi) is 6.51. The van der Waals surface area contributed by atoms with E-state index in [1.54, 1.807) is 13.8 Å². The van der Waals surface area contributed by atoms with Gasteiger partial charge >= 0.3 is 6.03 Å². The molecule has 1 unspecified atom stereocenters. The largest absolute Gasteiger partial charge is 0.376 e. The summed E-state index contributed by atoms with van der Waals surface area (Å²) in [4.78, 5) is 23.6. The van der Waals surface area contributed by atoms with Gasteiger partial charge in [-0.05, 0) is 18.2 Å². The average Bonchev–Trinajstić information content (AvgIpc) is 2.57. The van der Waals surface area contributed by atoms with Crippen molar-refractivity contribution in [2.75, 3.05) is 37.0 Å². The molecule has 1 aromatic rings. The number of urea groups is 1. The lowest BCUT2D eigenvalue weighted by molar-refractivity contribution is -0.118. The zero-order valence-corrected chi connectivity index (χ0v) is 13.7. The summed E-state index contributed by atoms with van der Waals surface area (Å²) in [6, 6.07) is 3.52. The molecule has 0 saturated carbocycles. The summed E-state index contributed by atoms with van der Waals surface area (Å²) in [5.41, 5.74) is 0.393. The Morgan fingerprint density at radius 3 is 2.75 bits per heavy atom. The molecule has 0 aromatic heterocycles. The minimum atomic E-state index is -0.567. The van der Waals surface area contributed by atoms with Crippen molar-refractivity contribution in [3.05, 3.63) is 24.0 Å². The van der Waals surface area contributed by atoms with Gasteiger partial charge in [-0.25, -0.2) is 9.18 Å². The van der Waals surface area contributed by atoms with Gasteiger partial charge in [-0.2, -0.15) is 0 Å². The van der Waals surface area contributed by atoms with Crippen molar-refractivity contribution in [1.29, 1.82) is 0 Å². The second-order valence-corrected chi connectivity index (χ2v) is 5.74. The molecule has 8 heteroatoms. The number of carbonyl (C=O) groups excluding carboxylic acids is 2. The maximum Gasteiger partial charge on any atom is 0.319 e. The summed E-state index contributed by atoms with van der Waals surface area (Å²) in [6.45, 7) is 5.22. The van der Waals surface area contributed by atoms with Gasteiger partial charge in [0.05, 0.1) is 31.6 Å². The monoisotopic (exact) mass is 339 g/mol. The molecule has 1 aliphatic rings. The molecule has 1 saturated heterocycles. The van der Waals surface area contributed by atoms with Crippen LogP contribution in [0, 0.1) is 11.7 Å². The number of ether oxygens (including phenoxy) is 2. The van der Waals surface area contributed by atoms with E-state index in [9.17, 15) is 14.0 Å². The summed E-state index contributed by atoms with van der Waals surface area (Å²) in [7, 11) is 0. The summed E-state index contributed by atoms with van der Waals surface area (Å²) in [5.74, 6) is -1.14. The first-order chi connectivity index (χ1) is 11.5. The molecular formula is C16H22FN3O4. The second kappa shape index (κ2) is 8.60. The summed E-state index contributed by atoms with van der Waals surface area (Å²) < 4.78 is 24.4. The number of carbonyl (C=O) groups is 2. The molecule has 0 radical (unpaired) electrons. The molecule has 3 N–H and O–H groups in total. The third kappa shape index (κ3) is 5.47. The van der Waals surface area contributed by atoms with Crippen LogP contribution in [0.15, 0.2) is 18.2 Å². The minimum absolute atomic E-state index is 0.0236. The van der Waals surface area contributed by atoms with Crippen molar-refractivity contribution in [3.63, 3.8) is 0 Å². The number of rotatable bonds is 5. The van der Waals surface area contributed by atoms with Crippen LogP contribution in [0.4, 0.5) is 20.6 Å². The molecule has 24 heavy (non-hydrogen) atoms. The predicted molar refractivity (Wildman–Crippen MR) is 87.4 cm³/mol. The Hall–Kier alpha value is -2.19. The minimum Gasteiger partial charge on any atom is -0.376 e. The number of benzene rings is 1. The highest BCUT2D eigenvalue weighted by Gasteiger charge is 2.16. The van der Waals surface area contributed by atoms with Crippen LogP contribution >= 0.6 is 0 Å². The third-order valence-corrected chi connectivity index (χ3v) is 3.38. The number of hydrogen-bond acceptors (Lipinski definition) is 4. The van der Waals surface area contributed by atoms with Gasteiger partial charge in [0.1, 0.15) is 5.82 Å². The molecule has 2 rings (SSSR count). The number of hydrogen-bond donors (Lipinski definition) is 3. The van der Waals surface area contributed by atoms with Crippen molar-refractivity contribution in [3.8, 4) is 0 Å². The van der Waals surface area contributed by atoms with E-state index >= 15 is 0 Å². The zero-order valence-electron chi connectivity index (χ0n) is 13.7. The van der Waals surface area contributed by atoms with Crippen LogP contribution in [0.5, 0.6) is 0 Å². The molecule has 7 nitrogen and oxygen atoms in total. The van der Waals surface area contributed by atoms with E-state index in [0.717, 1.165) is 0 Å². The molecule has 132 valence electrons. The highest BCUT2D eigenvalue weighted by atomic mass is 19.1. The van der Waals surface area contributed by atoms with Crippen molar-refractivity contribution < 1.29 is 23.5 Å². The van der Waals surface area contributed by atoms with Crippen LogP contribution in [-0.4, -0.2) is 44.4 Å². The Labute approximate surface area is 139 Å². The number of anilines is 2. The van der Waals surface area contributed by atoms with Gasteiger partial charge in [0.2, 0.25) is 5.91 Å². The lowest BCUT2D eigenvalue weighted by atomic mass is 10.2. The average molecular weight is 339 g/mol. The zero-order chi connectivity index (χ0) is 17.5. The fraction of sp³-hybridized carbons (Fsp3) is 0.500. The van der Waals surface area contributed by atoms with Gasteiger partial charge < -0.3 is 25.4 Å². The van der Waals surface area contributed by atoms with Gasteiger partial charge in [-0.1, -0.05) is 13.8 Å². The van der Waals surface area contributed by atoms with Crippen LogP contribution in [0.25, 0.3) is 0 Å². The van der Waals surface area contributed by atoms with Crippen LogP contribution in [0.3, 0.4) is 0 Å². The van der Waals surface area contributed by atoms with Crippen LogP contribution < -0.4 is 16.0 Å². The first-order valence-corrected chi connectivity index (χ1v) is 7.80.